The summed E-state index contributed by atoms with van der Waals surface area (Å²) in [5, 5.41) is 13.2. The van der Waals surface area contributed by atoms with Gasteiger partial charge in [-0.05, 0) is 72.8 Å². The topological polar surface area (TPSA) is 115 Å². The zero-order valence-electron chi connectivity index (χ0n) is 25.5. The Morgan fingerprint density at radius 1 is 0.977 bits per heavy atom. The van der Waals surface area contributed by atoms with Crippen molar-refractivity contribution in [1.82, 2.24) is 29.4 Å². The van der Waals surface area contributed by atoms with Gasteiger partial charge in [-0.3, -0.25) is 14.4 Å². The van der Waals surface area contributed by atoms with Crippen LogP contribution in [0.15, 0.2) is 76.6 Å². The number of likely N-dealkylation sites (N-methyl/N-ethyl adjacent to an activating group) is 1. The molecule has 2 aromatic carbocycles. The Kier molecular flexibility index (Phi) is 7.46. The predicted molar refractivity (Wildman–Crippen MR) is 172 cm³/mol. The van der Waals surface area contributed by atoms with E-state index in [1.165, 1.54) is 14.9 Å². The Morgan fingerprint density at radius 2 is 1.80 bits per heavy atom. The van der Waals surface area contributed by atoms with E-state index < -0.39 is 0 Å². The van der Waals surface area contributed by atoms with Crippen LogP contribution in [0.2, 0.25) is 0 Å². The van der Waals surface area contributed by atoms with Crippen molar-refractivity contribution in [2.45, 2.75) is 38.5 Å². The third-order valence-corrected chi connectivity index (χ3v) is 8.33. The number of benzene rings is 2. The number of hydrogen-bond acceptors (Lipinski definition) is 8. The molecule has 0 aliphatic carbocycles. The van der Waals surface area contributed by atoms with Crippen LogP contribution in [-0.2, 0) is 12.5 Å². The summed E-state index contributed by atoms with van der Waals surface area (Å²) in [7, 11) is 3.67. The van der Waals surface area contributed by atoms with Gasteiger partial charge in [0.1, 0.15) is 11.5 Å². The Bertz CT molecular complexity index is 2010. The monoisotopic (exact) mass is 589 g/mol. The molecule has 10 heteroatoms. The number of aldehydes is 1. The third kappa shape index (κ3) is 5.44. The van der Waals surface area contributed by atoms with E-state index in [-0.39, 0.29) is 27.8 Å². The lowest BCUT2D eigenvalue weighted by Gasteiger charge is -2.19. The van der Waals surface area contributed by atoms with Crippen LogP contribution in [0.1, 0.15) is 54.6 Å². The Labute approximate surface area is 255 Å². The molecule has 4 heterocycles. The fraction of sp³-hybridized carbons (Fsp3) is 0.294. The molecule has 1 fully saturated rings. The molecule has 1 N–H and O–H groups in total. The van der Waals surface area contributed by atoms with E-state index in [2.05, 4.69) is 53.2 Å². The van der Waals surface area contributed by atoms with Gasteiger partial charge < -0.3 is 10.2 Å². The Balaban J connectivity index is 1.37. The van der Waals surface area contributed by atoms with Crippen molar-refractivity contribution in [2.75, 3.05) is 25.5 Å². The molecule has 0 saturated carbocycles. The van der Waals surface area contributed by atoms with E-state index in [9.17, 15) is 14.4 Å². The van der Waals surface area contributed by atoms with E-state index in [4.69, 9.17) is 0 Å². The molecule has 0 radical (unpaired) electrons. The number of nitrogens with one attached hydrogen (secondary N) is 1. The number of hydrogen-bond donors (Lipinski definition) is 1. The standard InChI is InChI=1S/C34H35N7O3/c1-34(2,3)24-10-11-25-23(15-24)18-36-41(32(25)43)30-8-6-7-26(27(30)20-42)28-16-29(33(44)40(5)38-28)37-31-12-9-21(17-35-31)22-13-14-39(4)19-22/h6-12,15-18,20,22H,13-14,19H2,1-5H3,(H,35,37)/t22-/m0/s1. The van der Waals surface area contributed by atoms with Gasteiger partial charge in [-0.1, -0.05) is 45.0 Å². The number of rotatable bonds is 6. The van der Waals surface area contributed by atoms with Crippen molar-refractivity contribution in [2.24, 2.45) is 7.05 Å². The highest BCUT2D eigenvalue weighted by atomic mass is 16.1. The van der Waals surface area contributed by atoms with Gasteiger partial charge in [0.2, 0.25) is 0 Å². The van der Waals surface area contributed by atoms with Crippen LogP contribution in [0.25, 0.3) is 27.7 Å². The maximum absolute atomic E-state index is 13.6. The first kappa shape index (κ1) is 29.1. The molecule has 1 saturated heterocycles. The second-order valence-corrected chi connectivity index (χ2v) is 12.5. The van der Waals surface area contributed by atoms with Crippen LogP contribution in [0.5, 0.6) is 0 Å². The lowest BCUT2D eigenvalue weighted by Crippen LogP contribution is -2.24. The molecule has 44 heavy (non-hydrogen) atoms. The number of pyridine rings is 1. The van der Waals surface area contributed by atoms with Crippen molar-refractivity contribution in [1.29, 1.82) is 0 Å². The van der Waals surface area contributed by atoms with E-state index in [1.54, 1.807) is 43.6 Å². The summed E-state index contributed by atoms with van der Waals surface area (Å²) in [5.41, 5.74) is 3.16. The molecular weight excluding hydrogens is 554 g/mol. The molecule has 6 rings (SSSR count). The van der Waals surface area contributed by atoms with E-state index in [0.717, 1.165) is 30.5 Å². The molecule has 1 aliphatic heterocycles. The zero-order valence-corrected chi connectivity index (χ0v) is 25.5. The van der Waals surface area contributed by atoms with Crippen LogP contribution >= 0.6 is 0 Å². The Morgan fingerprint density at radius 3 is 2.48 bits per heavy atom. The molecule has 0 unspecified atom stereocenters. The average Bonchev–Trinajstić information content (AvgIpc) is 3.45. The van der Waals surface area contributed by atoms with Crippen LogP contribution < -0.4 is 16.4 Å². The number of likely N-dealkylation sites (tertiary alicyclic amines) is 1. The number of carbonyl (C=O) groups is 1. The number of fused-ring (bicyclic) bond motifs is 1. The molecule has 224 valence electrons. The fourth-order valence-electron chi connectivity index (χ4n) is 5.77. The van der Waals surface area contributed by atoms with Gasteiger partial charge in [0.05, 0.1) is 23.0 Å². The van der Waals surface area contributed by atoms with Crippen LogP contribution in [0.3, 0.4) is 0 Å². The molecule has 5 aromatic rings. The van der Waals surface area contributed by atoms with Crippen molar-refractivity contribution in [3.8, 4) is 16.9 Å². The first-order chi connectivity index (χ1) is 21.0. The quantitative estimate of drug-likeness (QED) is 0.281. The first-order valence-electron chi connectivity index (χ1n) is 14.6. The first-order valence-corrected chi connectivity index (χ1v) is 14.6. The highest BCUT2D eigenvalue weighted by Gasteiger charge is 2.22. The minimum absolute atomic E-state index is 0.0785. The zero-order chi connectivity index (χ0) is 31.2. The van der Waals surface area contributed by atoms with Crippen molar-refractivity contribution >= 4 is 28.6 Å². The van der Waals surface area contributed by atoms with Gasteiger partial charge in [-0.15, -0.1) is 0 Å². The second-order valence-electron chi connectivity index (χ2n) is 12.5. The summed E-state index contributed by atoms with van der Waals surface area (Å²) in [6.45, 7) is 8.40. The minimum Gasteiger partial charge on any atom is -0.336 e. The van der Waals surface area contributed by atoms with Crippen LogP contribution in [-0.4, -0.2) is 55.9 Å². The summed E-state index contributed by atoms with van der Waals surface area (Å²) in [5.74, 6) is 0.974. The third-order valence-electron chi connectivity index (χ3n) is 8.33. The average molecular weight is 590 g/mol. The molecule has 0 bridgehead atoms. The van der Waals surface area contributed by atoms with Gasteiger partial charge >= 0.3 is 0 Å². The smallest absolute Gasteiger partial charge is 0.290 e. The fourth-order valence-corrected chi connectivity index (χ4v) is 5.77. The van der Waals surface area contributed by atoms with Crippen LogP contribution in [0, 0.1) is 0 Å². The Hall–Kier alpha value is -4.96. The molecule has 0 amide bonds. The number of aromatic nitrogens is 5. The van der Waals surface area contributed by atoms with Gasteiger partial charge in [0.25, 0.3) is 11.1 Å². The lowest BCUT2D eigenvalue weighted by atomic mass is 9.86. The highest BCUT2D eigenvalue weighted by molar-refractivity contribution is 5.92. The molecule has 10 nitrogen and oxygen atoms in total. The van der Waals surface area contributed by atoms with Gasteiger partial charge in [0.15, 0.2) is 6.29 Å². The number of aryl methyl sites for hydroxylation is 1. The number of anilines is 2. The second kappa shape index (κ2) is 11.3. The summed E-state index contributed by atoms with van der Waals surface area (Å²) in [6.07, 6.45) is 5.27. The SMILES string of the molecule is CN1CC[C@H](c2ccc(Nc3cc(-c4cccc(-n5ncc6cc(C(C)(C)C)ccc6c5=O)c4C=O)nn(C)c3=O)nc2)C1. The molecule has 3 aromatic heterocycles. The van der Waals surface area contributed by atoms with E-state index >= 15 is 0 Å². The number of carbonyl (C=O) groups excluding carboxylic acids is 1. The maximum Gasteiger partial charge on any atom is 0.290 e. The van der Waals surface area contributed by atoms with Gasteiger partial charge in [-0.25, -0.2) is 9.67 Å². The summed E-state index contributed by atoms with van der Waals surface area (Å²) >= 11 is 0. The highest BCUT2D eigenvalue weighted by Crippen LogP contribution is 2.29. The summed E-state index contributed by atoms with van der Waals surface area (Å²) < 4.78 is 2.45. The van der Waals surface area contributed by atoms with Crippen molar-refractivity contribution < 1.29 is 4.79 Å². The minimum atomic E-state index is -0.345. The van der Waals surface area contributed by atoms with E-state index in [1.807, 2.05) is 30.5 Å². The van der Waals surface area contributed by atoms with Crippen molar-refractivity contribution in [3.05, 3.63) is 104 Å². The normalized spacial score (nSPS) is 15.5. The van der Waals surface area contributed by atoms with Gasteiger partial charge in [0, 0.05) is 36.3 Å². The summed E-state index contributed by atoms with van der Waals surface area (Å²) in [4.78, 5) is 46.0. The van der Waals surface area contributed by atoms with Gasteiger partial charge in [-0.2, -0.15) is 14.9 Å². The van der Waals surface area contributed by atoms with E-state index in [0.29, 0.717) is 40.4 Å². The largest absolute Gasteiger partial charge is 0.336 e. The van der Waals surface area contributed by atoms with Crippen molar-refractivity contribution in [3.63, 3.8) is 0 Å². The van der Waals surface area contributed by atoms with Crippen LogP contribution in [0.4, 0.5) is 11.5 Å². The summed E-state index contributed by atoms with van der Waals surface area (Å²) in [6, 6.07) is 16.4. The maximum atomic E-state index is 13.6. The molecule has 1 atom stereocenters. The molecule has 0 spiro atoms. The molecule has 1 aliphatic rings. The number of nitrogens with zero attached hydrogens (tertiary/aromatic N) is 6. The molecular formula is C34H35N7O3. The lowest BCUT2D eigenvalue weighted by molar-refractivity contribution is 0.112. The predicted octanol–water partition coefficient (Wildman–Crippen LogP) is 4.81.